The summed E-state index contributed by atoms with van der Waals surface area (Å²) >= 11 is 0. The van der Waals surface area contributed by atoms with E-state index in [4.69, 9.17) is 0 Å². The van der Waals surface area contributed by atoms with Crippen LogP contribution in [0.15, 0.2) is 0 Å². The van der Waals surface area contributed by atoms with Gasteiger partial charge in [-0.3, -0.25) is 0 Å². The van der Waals surface area contributed by atoms with Crippen molar-refractivity contribution in [2.75, 3.05) is 0 Å². The summed E-state index contributed by atoms with van der Waals surface area (Å²) in [6.45, 7) is 98.7. The minimum absolute atomic E-state index is 0. The first-order chi connectivity index (χ1) is 29.4. The normalized spacial score (nSPS) is 14.5. The van der Waals surface area contributed by atoms with Crippen LogP contribution in [0.25, 0.3) is 0 Å². The fourth-order valence-corrected chi connectivity index (χ4v) is 85.1. The topological polar surface area (TPSA) is 0 Å². The molecule has 0 spiro atoms. The maximum absolute atomic E-state index is 2.62. The maximum Gasteiger partial charge on any atom is 3.00 e. The molecule has 0 saturated carbocycles. The first-order valence-electron chi connectivity index (χ1n) is 29.0. The summed E-state index contributed by atoms with van der Waals surface area (Å²) in [6, 6.07) is 0. The molecule has 0 aromatic rings. The van der Waals surface area contributed by atoms with E-state index in [9.17, 15) is 0 Å². The Labute approximate surface area is 447 Å². The number of hydrogen-bond acceptors (Lipinski definition) is 0. The van der Waals surface area contributed by atoms with Crippen molar-refractivity contribution in [2.24, 2.45) is 0 Å². The Bertz CT molecular complexity index is 918. The molecule has 405 valence electrons. The van der Waals surface area contributed by atoms with Gasteiger partial charge in [0.05, 0.1) is 0 Å². The second kappa shape index (κ2) is 29.8. The molecule has 0 amide bonds. The van der Waals surface area contributed by atoms with Gasteiger partial charge in [0.25, 0.3) is 0 Å². The van der Waals surface area contributed by atoms with Crippen molar-refractivity contribution in [1.82, 2.24) is 0 Å². The van der Waals surface area contributed by atoms with Gasteiger partial charge in [0, 0.05) is 0 Å². The molecule has 7 heteroatoms. The van der Waals surface area contributed by atoms with E-state index in [-0.39, 0.29) is 17.4 Å². The van der Waals surface area contributed by atoms with E-state index < -0.39 is 48.4 Å². The van der Waals surface area contributed by atoms with Gasteiger partial charge in [0.15, 0.2) is 0 Å². The first kappa shape index (κ1) is 75.4. The molecule has 0 saturated heterocycles. The standard InChI is InChI=1S/3C20H45Si2.Cr/c3*1-14(2)21(15(3)4,16(5)6)20(13)22(17(7)8,18(9)10)19(11)12;/h3*14-19H,1-13H3;/q3*-1;+3. The molecule has 0 nitrogen and oxygen atoms in total. The van der Waals surface area contributed by atoms with Crippen LogP contribution in [-0.2, 0) is 17.4 Å². The van der Waals surface area contributed by atoms with E-state index >= 15 is 0 Å². The molecule has 0 aromatic carbocycles. The molecule has 67 heavy (non-hydrogen) atoms. The van der Waals surface area contributed by atoms with Gasteiger partial charge >= 0.3 is 17.4 Å². The van der Waals surface area contributed by atoms with Gasteiger partial charge in [-0.1, -0.05) is 397 Å². The monoisotopic (exact) mass is 1080 g/mol. The minimum Gasteiger partial charge on any atom is -0.312 e. The zero-order valence-electron chi connectivity index (χ0n) is 54.3. The van der Waals surface area contributed by atoms with Crippen LogP contribution in [0.4, 0.5) is 0 Å². The molecule has 0 atom stereocenters. The summed E-state index contributed by atoms with van der Waals surface area (Å²) in [5.41, 5.74) is 15.2. The van der Waals surface area contributed by atoms with Crippen molar-refractivity contribution < 1.29 is 17.4 Å². The SMILES string of the molecule is C[C-]([Si](C(C)C)(C(C)C)C(C)C)[Si](C(C)C)(C(C)C)C(C)C.C[C-]([Si](C(C)C)(C(C)C)C(C)C)[Si](C(C)C)(C(C)C)C(C)C.C[C-]([Si](C(C)C)(C(C)C)C(C)C)[Si](C(C)C)(C(C)C)C(C)C.[Cr+3]. The second-order valence-corrected chi connectivity index (χ2v) is 66.2. The maximum atomic E-state index is 2.62. The van der Waals surface area contributed by atoms with E-state index in [1.807, 2.05) is 15.5 Å². The summed E-state index contributed by atoms with van der Waals surface area (Å²) in [7, 11) is -8.86. The van der Waals surface area contributed by atoms with Crippen LogP contribution in [0.3, 0.4) is 0 Å². The first-order valence-corrected chi connectivity index (χ1v) is 42.4. The Balaban J connectivity index is -0.000000441. The number of rotatable bonds is 24. The van der Waals surface area contributed by atoms with Crippen molar-refractivity contribution in [3.05, 3.63) is 15.5 Å². The van der Waals surface area contributed by atoms with E-state index in [2.05, 4.69) is 270 Å². The van der Waals surface area contributed by atoms with E-state index in [1.54, 1.807) is 0 Å². The van der Waals surface area contributed by atoms with Crippen molar-refractivity contribution in [3.8, 4) is 0 Å². The molecule has 0 rings (SSSR count). The van der Waals surface area contributed by atoms with Crippen LogP contribution < -0.4 is 0 Å². The summed E-state index contributed by atoms with van der Waals surface area (Å²) in [6.07, 6.45) is 0. The Hall–Kier alpha value is 1.83. The molecule has 0 aliphatic heterocycles. The van der Waals surface area contributed by atoms with Crippen LogP contribution >= 0.6 is 0 Å². The summed E-state index contributed by atoms with van der Waals surface area (Å²) in [5.74, 6) is 0. The quantitative estimate of drug-likeness (QED) is 0.0668. The van der Waals surface area contributed by atoms with E-state index in [1.165, 1.54) is 0 Å². The van der Waals surface area contributed by atoms with Crippen LogP contribution in [0.1, 0.15) is 270 Å². The zero-order valence-corrected chi connectivity index (χ0v) is 61.6. The molecule has 0 aliphatic rings. The average Bonchev–Trinajstić information content (AvgIpc) is 3.07. The number of hydrogen-bond donors (Lipinski definition) is 0. The fraction of sp³-hybridized carbons (Fsp3) is 0.950. The molecule has 0 unspecified atom stereocenters. The van der Waals surface area contributed by atoms with E-state index in [0.717, 1.165) is 99.7 Å². The Morgan fingerprint density at radius 1 is 0.149 bits per heavy atom. The van der Waals surface area contributed by atoms with Gasteiger partial charge in [0.1, 0.15) is 0 Å². The minimum atomic E-state index is -1.48. The molecule has 0 fully saturated rings. The van der Waals surface area contributed by atoms with Gasteiger partial charge in [-0.15, -0.1) is 0 Å². The second-order valence-electron chi connectivity index (χ2n) is 28.3. The third-order valence-electron chi connectivity index (χ3n) is 21.1. The predicted molar refractivity (Wildman–Crippen MR) is 333 cm³/mol. The van der Waals surface area contributed by atoms with Crippen LogP contribution in [0.2, 0.25) is 99.7 Å². The zero-order chi connectivity index (χ0) is 54.1. The predicted octanol–water partition coefficient (Wildman–Crippen LogP) is 24.0. The largest absolute Gasteiger partial charge is 3.00 e. The molecular formula is C60H135CrSi6. The van der Waals surface area contributed by atoms with Gasteiger partial charge in [-0.25, -0.2) is 0 Å². The molecule has 0 heterocycles. The van der Waals surface area contributed by atoms with Gasteiger partial charge in [-0.2, -0.15) is 20.8 Å². The van der Waals surface area contributed by atoms with Gasteiger partial charge in [0.2, 0.25) is 0 Å². The van der Waals surface area contributed by atoms with Crippen LogP contribution in [0.5, 0.6) is 0 Å². The van der Waals surface area contributed by atoms with Crippen molar-refractivity contribution in [3.63, 3.8) is 0 Å². The Morgan fingerprint density at radius 2 is 0.194 bits per heavy atom. The Kier molecular flexibility index (Phi) is 33.5. The fourth-order valence-electron chi connectivity index (χ4n) is 20.9. The van der Waals surface area contributed by atoms with Crippen molar-refractivity contribution >= 4 is 48.4 Å². The molecule has 0 bridgehead atoms. The molecular weight excluding hydrogens is 941 g/mol. The summed E-state index contributed by atoms with van der Waals surface area (Å²) in [4.78, 5) is 0. The van der Waals surface area contributed by atoms with Crippen molar-refractivity contribution in [2.45, 2.75) is 370 Å². The third-order valence-corrected chi connectivity index (χ3v) is 71.1. The third kappa shape index (κ3) is 13.8. The molecule has 0 aromatic heterocycles. The average molecular weight is 1080 g/mol. The van der Waals surface area contributed by atoms with E-state index in [0.29, 0.717) is 0 Å². The smallest absolute Gasteiger partial charge is 0.312 e. The molecule has 1 radical (unpaired) electrons. The van der Waals surface area contributed by atoms with Crippen LogP contribution in [-0.4, -0.2) is 48.4 Å². The van der Waals surface area contributed by atoms with Crippen LogP contribution in [0, 0.1) is 15.5 Å². The molecule has 0 N–H and O–H groups in total. The molecule has 0 aliphatic carbocycles. The summed E-state index contributed by atoms with van der Waals surface area (Å²) < 4.78 is 0. The van der Waals surface area contributed by atoms with Crippen molar-refractivity contribution in [1.29, 1.82) is 0 Å². The van der Waals surface area contributed by atoms with Gasteiger partial charge < -0.3 is 15.5 Å². The van der Waals surface area contributed by atoms with Gasteiger partial charge in [-0.05, 0) is 0 Å². The summed E-state index contributed by atoms with van der Waals surface area (Å²) in [5, 5.41) is 6.13. The Morgan fingerprint density at radius 3 is 0.224 bits per heavy atom.